The van der Waals surface area contributed by atoms with Gasteiger partial charge in [0.05, 0.1) is 11.2 Å². The Bertz CT molecular complexity index is 557. The summed E-state index contributed by atoms with van der Waals surface area (Å²) in [6.07, 6.45) is 3.66. The first kappa shape index (κ1) is 13.7. The second-order valence-electron chi connectivity index (χ2n) is 3.82. The van der Waals surface area contributed by atoms with Crippen LogP contribution >= 0.6 is 39.1 Å². The molecule has 0 saturated heterocycles. The zero-order valence-corrected chi connectivity index (χ0v) is 12.8. The predicted octanol–water partition coefficient (Wildman–Crippen LogP) is 4.20. The fraction of sp³-hybridized carbons (Fsp3) is 0.250. The summed E-state index contributed by atoms with van der Waals surface area (Å²) in [6, 6.07) is 3.51. The van der Waals surface area contributed by atoms with Crippen LogP contribution in [0.4, 0.5) is 0 Å². The highest BCUT2D eigenvalue weighted by Gasteiger charge is 2.10. The molecule has 0 atom stereocenters. The maximum absolute atomic E-state index is 6.13. The van der Waals surface area contributed by atoms with Crippen molar-refractivity contribution >= 4 is 39.1 Å². The summed E-state index contributed by atoms with van der Waals surface area (Å²) < 4.78 is 7.47. The van der Waals surface area contributed by atoms with Gasteiger partial charge in [-0.25, -0.2) is 0 Å². The van der Waals surface area contributed by atoms with Gasteiger partial charge in [0.15, 0.2) is 0 Å². The van der Waals surface area contributed by atoms with E-state index in [1.807, 2.05) is 19.3 Å². The molecule has 6 heteroatoms. The van der Waals surface area contributed by atoms with Crippen LogP contribution < -0.4 is 4.74 Å². The molecule has 2 rings (SSSR count). The zero-order valence-electron chi connectivity index (χ0n) is 9.66. The lowest BCUT2D eigenvalue weighted by Gasteiger charge is -2.11. The number of halogens is 3. The van der Waals surface area contributed by atoms with Gasteiger partial charge in [-0.2, -0.15) is 5.10 Å². The lowest BCUT2D eigenvalue weighted by atomic mass is 10.2. The Labute approximate surface area is 124 Å². The summed E-state index contributed by atoms with van der Waals surface area (Å²) in [5.74, 6) is 0.654. The summed E-state index contributed by atoms with van der Waals surface area (Å²) >= 11 is 15.5. The van der Waals surface area contributed by atoms with E-state index in [0.29, 0.717) is 27.7 Å². The maximum Gasteiger partial charge on any atom is 0.142 e. The van der Waals surface area contributed by atoms with Crippen LogP contribution in [0, 0.1) is 0 Å². The molecule has 0 spiro atoms. The molecular weight excluding hydrogens is 339 g/mol. The van der Waals surface area contributed by atoms with E-state index in [9.17, 15) is 0 Å². The van der Waals surface area contributed by atoms with E-state index in [0.717, 1.165) is 11.1 Å². The van der Waals surface area contributed by atoms with E-state index < -0.39 is 0 Å². The fourth-order valence-electron chi connectivity index (χ4n) is 1.58. The van der Waals surface area contributed by atoms with E-state index in [4.69, 9.17) is 27.9 Å². The quantitative estimate of drug-likeness (QED) is 0.773. The Morgan fingerprint density at radius 2 is 2.17 bits per heavy atom. The molecule has 0 N–H and O–H groups in total. The fourth-order valence-corrected chi connectivity index (χ4v) is 2.58. The van der Waals surface area contributed by atoms with Gasteiger partial charge < -0.3 is 4.74 Å². The van der Waals surface area contributed by atoms with E-state index in [1.165, 1.54) is 0 Å². The molecule has 2 aromatic rings. The van der Waals surface area contributed by atoms with Crippen molar-refractivity contribution in [3.63, 3.8) is 0 Å². The van der Waals surface area contributed by atoms with Gasteiger partial charge in [-0.1, -0.05) is 39.1 Å². The lowest BCUT2D eigenvalue weighted by molar-refractivity contribution is 0.304. The second-order valence-corrected chi connectivity index (χ2v) is 5.22. The molecular formula is C12H11BrCl2N2O. The Hall–Kier alpha value is -0.710. The van der Waals surface area contributed by atoms with Crippen LogP contribution in [0.25, 0.3) is 0 Å². The molecule has 0 aliphatic rings. The van der Waals surface area contributed by atoms with Crippen molar-refractivity contribution in [3.05, 3.63) is 45.7 Å². The van der Waals surface area contributed by atoms with Crippen LogP contribution in [0.5, 0.6) is 5.75 Å². The highest BCUT2D eigenvalue weighted by atomic mass is 79.9. The van der Waals surface area contributed by atoms with Gasteiger partial charge in [-0.3, -0.25) is 4.68 Å². The van der Waals surface area contributed by atoms with Gasteiger partial charge in [0.2, 0.25) is 0 Å². The van der Waals surface area contributed by atoms with Crippen LogP contribution in [0.2, 0.25) is 10.0 Å². The average molecular weight is 350 g/mol. The first-order valence-corrected chi connectivity index (χ1v) is 7.12. The Morgan fingerprint density at radius 1 is 1.39 bits per heavy atom. The Morgan fingerprint density at radius 3 is 2.78 bits per heavy atom. The molecule has 0 amide bonds. The minimum Gasteiger partial charge on any atom is -0.487 e. The number of ether oxygens (including phenoxy) is 1. The second kappa shape index (κ2) is 5.95. The summed E-state index contributed by atoms with van der Waals surface area (Å²) in [7, 11) is 1.86. The average Bonchev–Trinajstić information content (AvgIpc) is 2.73. The first-order chi connectivity index (χ1) is 8.60. The number of aryl methyl sites for hydroxylation is 1. The summed E-state index contributed by atoms with van der Waals surface area (Å²) in [6.45, 7) is 0.426. The summed E-state index contributed by atoms with van der Waals surface area (Å²) in [4.78, 5) is 0. The number of alkyl halides is 1. The van der Waals surface area contributed by atoms with Gasteiger partial charge in [0.1, 0.15) is 12.4 Å². The van der Waals surface area contributed by atoms with Crippen molar-refractivity contribution in [2.24, 2.45) is 7.05 Å². The first-order valence-electron chi connectivity index (χ1n) is 5.24. The molecule has 1 aromatic heterocycles. The minimum atomic E-state index is 0.426. The highest BCUT2D eigenvalue weighted by Crippen LogP contribution is 2.34. The van der Waals surface area contributed by atoms with Gasteiger partial charge in [-0.05, 0) is 12.1 Å². The zero-order chi connectivity index (χ0) is 13.1. The van der Waals surface area contributed by atoms with Crippen LogP contribution in [-0.2, 0) is 19.0 Å². The molecule has 1 heterocycles. The van der Waals surface area contributed by atoms with Crippen molar-refractivity contribution in [2.75, 3.05) is 0 Å². The van der Waals surface area contributed by atoms with Gasteiger partial charge >= 0.3 is 0 Å². The lowest BCUT2D eigenvalue weighted by Crippen LogP contribution is -1.98. The normalized spacial score (nSPS) is 10.7. The third kappa shape index (κ3) is 3.19. The molecule has 0 bridgehead atoms. The topological polar surface area (TPSA) is 27.1 Å². The van der Waals surface area contributed by atoms with Gasteiger partial charge in [0, 0.05) is 34.7 Å². The largest absolute Gasteiger partial charge is 0.487 e. The maximum atomic E-state index is 6.13. The summed E-state index contributed by atoms with van der Waals surface area (Å²) in [5, 5.41) is 5.83. The van der Waals surface area contributed by atoms with Crippen molar-refractivity contribution in [1.29, 1.82) is 0 Å². The molecule has 3 nitrogen and oxygen atoms in total. The molecule has 0 aliphatic carbocycles. The minimum absolute atomic E-state index is 0.426. The molecule has 0 radical (unpaired) electrons. The van der Waals surface area contributed by atoms with Crippen molar-refractivity contribution in [3.8, 4) is 5.75 Å². The standard InChI is InChI=1S/C12H11BrCl2N2O/c1-17-6-8(5-16-17)7-18-12-9(4-13)2-10(14)3-11(12)15/h2-3,5-6H,4,7H2,1H3. The smallest absolute Gasteiger partial charge is 0.142 e. The van der Waals surface area contributed by atoms with E-state index in [1.54, 1.807) is 16.9 Å². The van der Waals surface area contributed by atoms with Gasteiger partial charge in [-0.15, -0.1) is 0 Å². The molecule has 0 unspecified atom stereocenters. The van der Waals surface area contributed by atoms with Crippen molar-refractivity contribution in [1.82, 2.24) is 9.78 Å². The van der Waals surface area contributed by atoms with E-state index in [2.05, 4.69) is 21.0 Å². The van der Waals surface area contributed by atoms with E-state index in [-0.39, 0.29) is 0 Å². The van der Waals surface area contributed by atoms with Crippen molar-refractivity contribution in [2.45, 2.75) is 11.9 Å². The van der Waals surface area contributed by atoms with Crippen LogP contribution in [0.1, 0.15) is 11.1 Å². The SMILES string of the molecule is Cn1cc(COc2c(Cl)cc(Cl)cc2CBr)cn1. The van der Waals surface area contributed by atoms with Gasteiger partial charge in [0.25, 0.3) is 0 Å². The number of rotatable bonds is 4. The Balaban J connectivity index is 2.18. The number of hydrogen-bond acceptors (Lipinski definition) is 2. The van der Waals surface area contributed by atoms with Crippen LogP contribution in [0.3, 0.4) is 0 Å². The molecule has 0 saturated carbocycles. The molecule has 1 aromatic carbocycles. The number of benzene rings is 1. The molecule has 0 fully saturated rings. The van der Waals surface area contributed by atoms with Crippen LogP contribution in [-0.4, -0.2) is 9.78 Å². The Kier molecular flexibility index (Phi) is 4.54. The number of hydrogen-bond donors (Lipinski definition) is 0. The number of nitrogens with zero attached hydrogens (tertiary/aromatic N) is 2. The van der Waals surface area contributed by atoms with Crippen LogP contribution in [0.15, 0.2) is 24.5 Å². The van der Waals surface area contributed by atoms with E-state index >= 15 is 0 Å². The monoisotopic (exact) mass is 348 g/mol. The highest BCUT2D eigenvalue weighted by molar-refractivity contribution is 9.08. The summed E-state index contributed by atoms with van der Waals surface area (Å²) in [5.41, 5.74) is 1.92. The third-order valence-corrected chi connectivity index (χ3v) is 3.47. The molecule has 96 valence electrons. The predicted molar refractivity (Wildman–Crippen MR) is 76.6 cm³/mol. The third-order valence-electron chi connectivity index (χ3n) is 2.37. The molecule has 18 heavy (non-hydrogen) atoms. The van der Waals surface area contributed by atoms with Crippen molar-refractivity contribution < 1.29 is 4.74 Å². The number of aromatic nitrogens is 2. The molecule has 0 aliphatic heterocycles.